The molecule has 6 nitrogen and oxygen atoms in total. The van der Waals surface area contributed by atoms with E-state index in [-0.39, 0.29) is 5.91 Å². The predicted octanol–water partition coefficient (Wildman–Crippen LogP) is -0.149. The summed E-state index contributed by atoms with van der Waals surface area (Å²) in [5, 5.41) is 14.5. The molecule has 18 heavy (non-hydrogen) atoms. The Morgan fingerprint density at radius 3 is 2.50 bits per heavy atom. The smallest absolute Gasteiger partial charge is 0.320 e. The van der Waals surface area contributed by atoms with Gasteiger partial charge in [0.1, 0.15) is 6.04 Å². The number of hydrogen-bond donors (Lipinski definition) is 4. The average Bonchev–Trinajstić information content (AvgIpc) is 2.31. The number of carbonyl (C=O) groups excluding carboxylic acids is 1. The number of hydrogen-bond acceptors (Lipinski definition) is 4. The second kappa shape index (κ2) is 9.61. The van der Waals surface area contributed by atoms with Gasteiger partial charge in [-0.05, 0) is 26.3 Å². The summed E-state index contributed by atoms with van der Waals surface area (Å²) in [6, 6.07) is -0.585. The van der Waals surface area contributed by atoms with Crippen LogP contribution in [-0.2, 0) is 9.59 Å². The molecule has 1 atom stereocenters. The minimum atomic E-state index is -0.877. The lowest BCUT2D eigenvalue weighted by atomic mass is 10.1. The van der Waals surface area contributed by atoms with Crippen LogP contribution in [-0.4, -0.2) is 42.7 Å². The molecule has 0 bridgehead atoms. The van der Waals surface area contributed by atoms with Crippen molar-refractivity contribution >= 4 is 11.9 Å². The van der Waals surface area contributed by atoms with Crippen LogP contribution in [0.2, 0.25) is 0 Å². The molecule has 0 spiro atoms. The molecule has 0 aliphatic carbocycles. The minimum Gasteiger partial charge on any atom is -0.480 e. The van der Waals surface area contributed by atoms with Crippen LogP contribution >= 0.6 is 0 Å². The molecule has 0 heterocycles. The number of nitrogens with two attached hydrogens (primary N) is 1. The number of rotatable bonds is 10. The van der Waals surface area contributed by atoms with Crippen molar-refractivity contribution < 1.29 is 14.7 Å². The fraction of sp³-hybridized carbons (Fsp3) is 0.667. The highest BCUT2D eigenvalue weighted by Gasteiger charge is 2.15. The molecule has 1 amide bonds. The molecule has 104 valence electrons. The third-order valence-electron chi connectivity index (χ3n) is 2.43. The van der Waals surface area contributed by atoms with Gasteiger partial charge in [0, 0.05) is 18.7 Å². The molecule has 0 aliphatic heterocycles. The first-order chi connectivity index (χ1) is 8.49. The van der Waals surface area contributed by atoms with Crippen molar-refractivity contribution in [2.45, 2.75) is 32.2 Å². The zero-order valence-corrected chi connectivity index (χ0v) is 10.9. The van der Waals surface area contributed by atoms with Gasteiger partial charge in [-0.3, -0.25) is 9.59 Å². The maximum Gasteiger partial charge on any atom is 0.320 e. The average molecular weight is 257 g/mol. The Labute approximate surface area is 108 Å². The predicted molar refractivity (Wildman–Crippen MR) is 70.2 cm³/mol. The Balaban J connectivity index is 3.80. The Morgan fingerprint density at radius 1 is 1.33 bits per heavy atom. The number of carboxylic acid groups (broad SMARTS) is 1. The molecule has 0 saturated heterocycles. The van der Waals surface area contributed by atoms with E-state index in [1.54, 1.807) is 6.92 Å². The standard InChI is InChI=1S/C12H23N3O3/c1-9(2)11(16)15-8-7-14-10(12(17)18)5-3-4-6-13/h10,14H,1,3-8,13H2,2H3,(H,15,16)(H,17,18)/t10-/m0/s1. The van der Waals surface area contributed by atoms with Gasteiger partial charge in [-0.1, -0.05) is 13.0 Å². The molecular formula is C12H23N3O3. The molecule has 0 aliphatic rings. The van der Waals surface area contributed by atoms with Crippen LogP contribution < -0.4 is 16.4 Å². The lowest BCUT2D eigenvalue weighted by molar-refractivity contribution is -0.139. The van der Waals surface area contributed by atoms with Gasteiger partial charge in [0.05, 0.1) is 0 Å². The zero-order valence-electron chi connectivity index (χ0n) is 10.9. The largest absolute Gasteiger partial charge is 0.480 e. The lowest BCUT2D eigenvalue weighted by Crippen LogP contribution is -2.41. The lowest BCUT2D eigenvalue weighted by Gasteiger charge is -2.14. The highest BCUT2D eigenvalue weighted by molar-refractivity contribution is 5.92. The van der Waals surface area contributed by atoms with Crippen molar-refractivity contribution in [2.24, 2.45) is 5.73 Å². The van der Waals surface area contributed by atoms with Crippen molar-refractivity contribution in [3.8, 4) is 0 Å². The number of carbonyl (C=O) groups is 2. The molecule has 0 rings (SSSR count). The van der Waals surface area contributed by atoms with Gasteiger partial charge >= 0.3 is 5.97 Å². The Hall–Kier alpha value is -1.40. The number of carboxylic acids is 1. The topological polar surface area (TPSA) is 104 Å². The minimum absolute atomic E-state index is 0.216. The van der Waals surface area contributed by atoms with Crippen LogP contribution in [0.4, 0.5) is 0 Å². The molecule has 0 radical (unpaired) electrons. The van der Waals surface area contributed by atoms with Crippen LogP contribution in [0.3, 0.4) is 0 Å². The molecule has 5 N–H and O–H groups in total. The van der Waals surface area contributed by atoms with Crippen LogP contribution in [0.25, 0.3) is 0 Å². The van der Waals surface area contributed by atoms with Crippen LogP contribution in [0.1, 0.15) is 26.2 Å². The highest BCUT2D eigenvalue weighted by atomic mass is 16.4. The number of nitrogens with one attached hydrogen (secondary N) is 2. The fourth-order valence-corrected chi connectivity index (χ4v) is 1.38. The maximum atomic E-state index is 11.2. The van der Waals surface area contributed by atoms with Crippen molar-refractivity contribution in [1.82, 2.24) is 10.6 Å². The van der Waals surface area contributed by atoms with Crippen LogP contribution in [0, 0.1) is 0 Å². The summed E-state index contributed by atoms with van der Waals surface area (Å²) < 4.78 is 0. The third-order valence-corrected chi connectivity index (χ3v) is 2.43. The van der Waals surface area contributed by atoms with Crippen molar-refractivity contribution in [3.63, 3.8) is 0 Å². The number of amides is 1. The molecule has 0 unspecified atom stereocenters. The number of unbranched alkanes of at least 4 members (excludes halogenated alkanes) is 1. The summed E-state index contributed by atoms with van der Waals surface area (Å²) in [6.45, 7) is 6.50. The second-order valence-corrected chi connectivity index (χ2v) is 4.17. The van der Waals surface area contributed by atoms with Gasteiger partial charge in [-0.25, -0.2) is 0 Å². The molecule has 0 aromatic carbocycles. The summed E-state index contributed by atoms with van der Waals surface area (Å²) in [6.07, 6.45) is 2.14. The third kappa shape index (κ3) is 7.81. The van der Waals surface area contributed by atoms with E-state index in [2.05, 4.69) is 17.2 Å². The Morgan fingerprint density at radius 2 is 2.00 bits per heavy atom. The van der Waals surface area contributed by atoms with E-state index >= 15 is 0 Å². The van der Waals surface area contributed by atoms with Gasteiger partial charge in [0.25, 0.3) is 0 Å². The summed E-state index contributed by atoms with van der Waals surface area (Å²) >= 11 is 0. The summed E-state index contributed by atoms with van der Waals surface area (Å²) in [5.41, 5.74) is 5.79. The first-order valence-electron chi connectivity index (χ1n) is 6.09. The van der Waals surface area contributed by atoms with E-state index in [4.69, 9.17) is 10.8 Å². The normalized spacial score (nSPS) is 11.9. The fourth-order valence-electron chi connectivity index (χ4n) is 1.38. The second-order valence-electron chi connectivity index (χ2n) is 4.17. The van der Waals surface area contributed by atoms with Crippen LogP contribution in [0.5, 0.6) is 0 Å². The van der Waals surface area contributed by atoms with Crippen LogP contribution in [0.15, 0.2) is 12.2 Å². The zero-order chi connectivity index (χ0) is 14.0. The molecule has 6 heteroatoms. The van der Waals surface area contributed by atoms with Gasteiger partial charge in [0.15, 0.2) is 0 Å². The van der Waals surface area contributed by atoms with E-state index in [1.165, 1.54) is 0 Å². The highest BCUT2D eigenvalue weighted by Crippen LogP contribution is 2.00. The Kier molecular flexibility index (Phi) is 8.86. The monoisotopic (exact) mass is 257 g/mol. The SMILES string of the molecule is C=C(C)C(=O)NCCN[C@@H](CCCCN)C(=O)O. The summed E-state index contributed by atoms with van der Waals surface area (Å²) in [5.74, 6) is -1.09. The molecule has 0 aromatic heterocycles. The van der Waals surface area contributed by atoms with Gasteiger partial charge in [0.2, 0.25) is 5.91 Å². The van der Waals surface area contributed by atoms with Gasteiger partial charge < -0.3 is 21.5 Å². The molecular weight excluding hydrogens is 234 g/mol. The first-order valence-corrected chi connectivity index (χ1v) is 6.09. The molecule has 0 aromatic rings. The van der Waals surface area contributed by atoms with E-state index in [1.807, 2.05) is 0 Å². The van der Waals surface area contributed by atoms with Crippen molar-refractivity contribution in [1.29, 1.82) is 0 Å². The number of aliphatic carboxylic acids is 1. The van der Waals surface area contributed by atoms with Gasteiger partial charge in [-0.15, -0.1) is 0 Å². The van der Waals surface area contributed by atoms with E-state index < -0.39 is 12.0 Å². The van der Waals surface area contributed by atoms with Crippen molar-refractivity contribution in [2.75, 3.05) is 19.6 Å². The van der Waals surface area contributed by atoms with Gasteiger partial charge in [-0.2, -0.15) is 0 Å². The van der Waals surface area contributed by atoms with E-state index in [0.717, 1.165) is 12.8 Å². The summed E-state index contributed by atoms with van der Waals surface area (Å²) in [7, 11) is 0. The quantitative estimate of drug-likeness (QED) is 0.322. The first kappa shape index (κ1) is 16.6. The van der Waals surface area contributed by atoms with Crippen molar-refractivity contribution in [3.05, 3.63) is 12.2 Å². The molecule has 0 saturated carbocycles. The Bertz CT molecular complexity index is 292. The molecule has 0 fully saturated rings. The van der Waals surface area contributed by atoms with E-state index in [0.29, 0.717) is 31.6 Å². The summed E-state index contributed by atoms with van der Waals surface area (Å²) in [4.78, 5) is 22.1. The maximum absolute atomic E-state index is 11.2. The van der Waals surface area contributed by atoms with E-state index in [9.17, 15) is 9.59 Å².